The molecule has 12 heavy (non-hydrogen) atoms. The van der Waals surface area contributed by atoms with Crippen molar-refractivity contribution in [3.05, 3.63) is 0 Å². The number of aliphatic hydroxyl groups excluding tert-OH is 1. The molecule has 0 rings (SSSR count). The Kier molecular flexibility index (Phi) is 7.22. The lowest BCUT2D eigenvalue weighted by atomic mass is 10.0. The summed E-state index contributed by atoms with van der Waals surface area (Å²) in [6.07, 6.45) is 1.26. The van der Waals surface area contributed by atoms with Crippen LogP contribution in [0.1, 0.15) is 26.7 Å². The van der Waals surface area contributed by atoms with E-state index in [9.17, 15) is 5.11 Å². The number of hydrogen-bond acceptors (Lipinski definition) is 1. The van der Waals surface area contributed by atoms with Gasteiger partial charge in [0.05, 0.1) is 9.84 Å². The monoisotopic (exact) mass is 296 g/mol. The van der Waals surface area contributed by atoms with Crippen LogP contribution in [0.4, 0.5) is 0 Å². The molecule has 0 aromatic rings. The minimum absolute atomic E-state index is 0.0385. The average molecular weight is 298 g/mol. The number of hydrogen-bond donors (Lipinski definition) is 1. The molecule has 1 nitrogen and oxygen atoms in total. The van der Waals surface area contributed by atoms with Gasteiger partial charge < -0.3 is 5.11 Å². The zero-order valence-corrected chi connectivity index (χ0v) is 10.5. The first kappa shape index (κ1) is 12.5. The molecule has 0 radical (unpaired) electrons. The van der Waals surface area contributed by atoms with Crippen molar-refractivity contribution in [2.45, 2.75) is 36.5 Å². The average Bonchev–Trinajstić information content (AvgIpc) is 2.03. The van der Waals surface area contributed by atoms with Gasteiger partial charge in [0.25, 0.3) is 0 Å². The molecule has 3 heteroatoms. The van der Waals surface area contributed by atoms with E-state index in [2.05, 4.69) is 43.7 Å². The molecule has 0 aromatic heterocycles. The first-order valence-electron chi connectivity index (χ1n) is 4.01. The molecule has 0 heterocycles. The summed E-state index contributed by atoms with van der Waals surface area (Å²) in [7, 11) is 0. The number of halogens is 2. The molecule has 0 saturated heterocycles. The molecule has 0 amide bonds. The summed E-state index contributed by atoms with van der Waals surface area (Å²) in [6.45, 7) is 4.01. The maximum absolute atomic E-state index is 9.53. The molecule has 0 aliphatic carbocycles. The predicted octanol–water partition coefficient (Wildman–Crippen LogP) is 2.90. The van der Waals surface area contributed by atoms with E-state index in [-0.39, 0.29) is 15.8 Å². The van der Waals surface area contributed by atoms with Gasteiger partial charge in [-0.15, -0.1) is 11.8 Å². The second-order valence-electron chi connectivity index (χ2n) is 2.71. The fraction of sp³-hybridized carbons (Fsp3) is 0.778. The van der Waals surface area contributed by atoms with Crippen molar-refractivity contribution in [2.75, 3.05) is 0 Å². The van der Waals surface area contributed by atoms with Crippen molar-refractivity contribution in [3.8, 4) is 11.8 Å². The second kappa shape index (κ2) is 6.94. The van der Waals surface area contributed by atoms with Gasteiger partial charge in [-0.3, -0.25) is 0 Å². The van der Waals surface area contributed by atoms with Crippen LogP contribution in [0.5, 0.6) is 0 Å². The number of aliphatic hydroxyl groups is 1. The summed E-state index contributed by atoms with van der Waals surface area (Å²) >= 11 is 6.54. The number of alkyl halides is 2. The Bertz CT molecular complexity index is 169. The minimum atomic E-state index is -0.379. The lowest BCUT2D eigenvalue weighted by Crippen LogP contribution is -2.23. The van der Waals surface area contributed by atoms with Gasteiger partial charge in [-0.1, -0.05) is 45.7 Å². The molecule has 2 atom stereocenters. The lowest BCUT2D eigenvalue weighted by molar-refractivity contribution is 0.137. The van der Waals surface area contributed by atoms with Crippen LogP contribution in [0.15, 0.2) is 0 Å². The molecule has 0 aliphatic rings. The molecule has 70 valence electrons. The predicted molar refractivity (Wildman–Crippen MR) is 59.5 cm³/mol. The Balaban J connectivity index is 3.78. The van der Waals surface area contributed by atoms with Gasteiger partial charge in [-0.05, 0) is 5.92 Å². The van der Waals surface area contributed by atoms with E-state index in [0.717, 1.165) is 12.8 Å². The van der Waals surface area contributed by atoms with E-state index >= 15 is 0 Å². The van der Waals surface area contributed by atoms with E-state index in [1.165, 1.54) is 0 Å². The summed E-state index contributed by atoms with van der Waals surface area (Å²) in [6, 6.07) is 0. The summed E-state index contributed by atoms with van der Waals surface area (Å²) in [5, 5.41) is 9.53. The van der Waals surface area contributed by atoms with Crippen LogP contribution < -0.4 is 0 Å². The summed E-state index contributed by atoms with van der Waals surface area (Å²) in [4.78, 5) is 0. The van der Waals surface area contributed by atoms with Crippen molar-refractivity contribution < 1.29 is 5.11 Å². The lowest BCUT2D eigenvalue weighted by Gasteiger charge is -2.17. The largest absolute Gasteiger partial charge is 0.391 e. The molecule has 0 bridgehead atoms. The fourth-order valence-electron chi connectivity index (χ4n) is 0.727. The van der Waals surface area contributed by atoms with Gasteiger partial charge in [-0.25, -0.2) is 0 Å². The Labute approximate surface area is 91.2 Å². The third kappa shape index (κ3) is 5.18. The Morgan fingerprint density at radius 2 is 1.92 bits per heavy atom. The Morgan fingerprint density at radius 1 is 1.33 bits per heavy atom. The Hall–Kier alpha value is 0.480. The maximum atomic E-state index is 9.53. The minimum Gasteiger partial charge on any atom is -0.391 e. The zero-order valence-electron chi connectivity index (χ0n) is 7.35. The van der Waals surface area contributed by atoms with E-state index < -0.39 is 0 Å². The van der Waals surface area contributed by atoms with Crippen molar-refractivity contribution in [1.29, 1.82) is 0 Å². The first-order valence-corrected chi connectivity index (χ1v) is 5.84. The summed E-state index contributed by atoms with van der Waals surface area (Å²) in [5.74, 6) is 6.20. The molecule has 0 fully saturated rings. The third-order valence-corrected chi connectivity index (χ3v) is 2.65. The molecular weight excluding hydrogens is 284 g/mol. The van der Waals surface area contributed by atoms with E-state index in [1.54, 1.807) is 0 Å². The number of rotatable bonds is 3. The van der Waals surface area contributed by atoms with Crippen molar-refractivity contribution >= 4 is 31.9 Å². The SMILES string of the molecule is CCC#CCC(C)C(O)C(Br)Br. The van der Waals surface area contributed by atoms with Crippen molar-refractivity contribution in [1.82, 2.24) is 0 Å². The zero-order chi connectivity index (χ0) is 9.56. The van der Waals surface area contributed by atoms with E-state index in [1.807, 2.05) is 13.8 Å². The van der Waals surface area contributed by atoms with Crippen LogP contribution in [-0.2, 0) is 0 Å². The highest BCUT2D eigenvalue weighted by atomic mass is 79.9. The van der Waals surface area contributed by atoms with Gasteiger partial charge >= 0.3 is 0 Å². The van der Waals surface area contributed by atoms with Crippen LogP contribution >= 0.6 is 31.9 Å². The molecule has 0 aliphatic heterocycles. The standard InChI is InChI=1S/C9H14Br2O/c1-3-4-5-6-7(2)8(12)9(10)11/h7-9,12H,3,6H2,1-2H3. The van der Waals surface area contributed by atoms with Gasteiger partial charge in [0.1, 0.15) is 0 Å². The quantitative estimate of drug-likeness (QED) is 0.627. The highest BCUT2D eigenvalue weighted by Crippen LogP contribution is 2.21. The Morgan fingerprint density at radius 3 is 2.33 bits per heavy atom. The highest BCUT2D eigenvalue weighted by molar-refractivity contribution is 9.24. The molecule has 0 spiro atoms. The van der Waals surface area contributed by atoms with Crippen LogP contribution in [0, 0.1) is 17.8 Å². The van der Waals surface area contributed by atoms with E-state index in [4.69, 9.17) is 0 Å². The third-order valence-electron chi connectivity index (χ3n) is 1.57. The summed E-state index contributed by atoms with van der Waals surface area (Å²) in [5.41, 5.74) is 0. The van der Waals surface area contributed by atoms with Gasteiger partial charge in [0.2, 0.25) is 0 Å². The first-order chi connectivity index (χ1) is 5.59. The smallest absolute Gasteiger partial charge is 0.0958 e. The topological polar surface area (TPSA) is 20.2 Å². The van der Waals surface area contributed by atoms with Gasteiger partial charge in [0.15, 0.2) is 0 Å². The van der Waals surface area contributed by atoms with Crippen molar-refractivity contribution in [2.24, 2.45) is 5.92 Å². The van der Waals surface area contributed by atoms with Crippen LogP contribution in [0.2, 0.25) is 0 Å². The normalized spacial score (nSPS) is 15.2. The maximum Gasteiger partial charge on any atom is 0.0958 e. The van der Waals surface area contributed by atoms with Crippen LogP contribution in [-0.4, -0.2) is 14.9 Å². The molecule has 2 unspecified atom stereocenters. The highest BCUT2D eigenvalue weighted by Gasteiger charge is 2.18. The van der Waals surface area contributed by atoms with Crippen LogP contribution in [0.3, 0.4) is 0 Å². The fourth-order valence-corrected chi connectivity index (χ4v) is 1.77. The van der Waals surface area contributed by atoms with Crippen LogP contribution in [0.25, 0.3) is 0 Å². The van der Waals surface area contributed by atoms with Crippen molar-refractivity contribution in [3.63, 3.8) is 0 Å². The molecular formula is C9H14Br2O. The molecule has 0 saturated carbocycles. The van der Waals surface area contributed by atoms with Gasteiger partial charge in [0, 0.05) is 12.8 Å². The van der Waals surface area contributed by atoms with E-state index in [0.29, 0.717) is 0 Å². The second-order valence-corrected chi connectivity index (χ2v) is 5.92. The summed E-state index contributed by atoms with van der Waals surface area (Å²) < 4.78 is -0.0385. The molecule has 1 N–H and O–H groups in total. The van der Waals surface area contributed by atoms with Gasteiger partial charge in [-0.2, -0.15) is 0 Å². The molecule has 0 aromatic carbocycles.